The number of carbonyl (C=O) groups excluding carboxylic acids is 1. The molecule has 0 unspecified atom stereocenters. The number of rotatable bonds is 8. The Kier molecular flexibility index (Phi) is 6.55. The summed E-state index contributed by atoms with van der Waals surface area (Å²) >= 11 is 1.61. The third-order valence-electron chi connectivity index (χ3n) is 3.22. The lowest BCUT2D eigenvalue weighted by Crippen LogP contribution is -2.28. The highest BCUT2D eigenvalue weighted by Crippen LogP contribution is 2.14. The van der Waals surface area contributed by atoms with Gasteiger partial charge in [0.25, 0.3) is 0 Å². The first-order valence-electron chi connectivity index (χ1n) is 7.55. The summed E-state index contributed by atoms with van der Waals surface area (Å²) in [4.78, 5) is 15.2. The van der Waals surface area contributed by atoms with Gasteiger partial charge in [0.05, 0.1) is 12.8 Å². The molecule has 0 aliphatic carbocycles. The van der Waals surface area contributed by atoms with Crippen molar-refractivity contribution >= 4 is 39.0 Å². The molecule has 0 radical (unpaired) electrons. The minimum absolute atomic E-state index is 0.105. The summed E-state index contributed by atoms with van der Waals surface area (Å²) in [5, 5.41) is 1.98. The Bertz CT molecular complexity index is 839. The first-order valence-corrected chi connectivity index (χ1v) is 10.3. The maximum absolute atomic E-state index is 12.4. The predicted molar refractivity (Wildman–Crippen MR) is 104 cm³/mol. The molecule has 1 amide bonds. The molecule has 0 aliphatic heterocycles. The van der Waals surface area contributed by atoms with Crippen molar-refractivity contribution in [3.05, 3.63) is 70.9 Å². The van der Waals surface area contributed by atoms with E-state index in [0.717, 1.165) is 16.7 Å². The number of hydrogen-bond acceptors (Lipinski definition) is 4. The van der Waals surface area contributed by atoms with Crippen LogP contribution in [0.4, 0.5) is 5.69 Å². The summed E-state index contributed by atoms with van der Waals surface area (Å²) in [6.45, 7) is 4.71. The van der Waals surface area contributed by atoms with E-state index in [9.17, 15) is 13.2 Å². The van der Waals surface area contributed by atoms with Crippen LogP contribution in [0.25, 0.3) is 6.08 Å². The number of carbonyl (C=O) groups is 1. The lowest BCUT2D eigenvalue weighted by Gasteiger charge is -2.18. The number of sulfonamides is 1. The van der Waals surface area contributed by atoms with Crippen LogP contribution >= 0.6 is 11.3 Å². The summed E-state index contributed by atoms with van der Waals surface area (Å²) in [6.07, 6.45) is 6.01. The van der Waals surface area contributed by atoms with E-state index >= 15 is 0 Å². The molecule has 1 heterocycles. The zero-order chi connectivity index (χ0) is 18.3. The summed E-state index contributed by atoms with van der Waals surface area (Å²) in [5.41, 5.74) is 1.29. The molecular formula is C18H20N2O3S2. The van der Waals surface area contributed by atoms with Crippen LogP contribution in [-0.2, 0) is 21.4 Å². The monoisotopic (exact) mass is 376 g/mol. The van der Waals surface area contributed by atoms with E-state index in [1.165, 1.54) is 6.08 Å². The van der Waals surface area contributed by atoms with Crippen molar-refractivity contribution in [1.82, 2.24) is 4.90 Å². The molecule has 0 saturated carbocycles. The van der Waals surface area contributed by atoms with Crippen molar-refractivity contribution in [3.8, 4) is 0 Å². The molecule has 2 aromatic rings. The van der Waals surface area contributed by atoms with Gasteiger partial charge in [-0.1, -0.05) is 24.3 Å². The number of thiophene rings is 1. The fourth-order valence-electron chi connectivity index (χ4n) is 2.13. The van der Waals surface area contributed by atoms with Gasteiger partial charge >= 0.3 is 0 Å². The van der Waals surface area contributed by atoms with Crippen LogP contribution in [0, 0.1) is 0 Å². The standard InChI is InChI=1S/C18H20N2O3S2/c1-3-12-20(14-17-5-4-13-24-17)18(21)11-8-15-6-9-16(10-7-15)19-25(2,22)23/h3-11,13,19H,1,12,14H2,2H3/b11-8+. The van der Waals surface area contributed by atoms with Crippen LogP contribution in [0.5, 0.6) is 0 Å². The maximum atomic E-state index is 12.4. The van der Waals surface area contributed by atoms with Gasteiger partial charge in [-0.25, -0.2) is 8.42 Å². The first-order chi connectivity index (χ1) is 11.9. The maximum Gasteiger partial charge on any atom is 0.247 e. The molecule has 0 fully saturated rings. The molecule has 5 nitrogen and oxygen atoms in total. The highest BCUT2D eigenvalue weighted by molar-refractivity contribution is 7.92. The summed E-state index contributed by atoms with van der Waals surface area (Å²) in [6, 6.07) is 10.7. The second-order valence-corrected chi connectivity index (χ2v) is 8.20. The minimum atomic E-state index is -3.30. The van der Waals surface area contributed by atoms with Crippen LogP contribution < -0.4 is 4.72 Å². The Labute approximate surface area is 152 Å². The smallest absolute Gasteiger partial charge is 0.247 e. The van der Waals surface area contributed by atoms with E-state index in [-0.39, 0.29) is 5.91 Å². The zero-order valence-corrected chi connectivity index (χ0v) is 15.5. The van der Waals surface area contributed by atoms with Crippen LogP contribution in [0.1, 0.15) is 10.4 Å². The third-order valence-corrected chi connectivity index (χ3v) is 4.69. The van der Waals surface area contributed by atoms with E-state index in [1.54, 1.807) is 52.7 Å². The summed E-state index contributed by atoms with van der Waals surface area (Å²) < 4.78 is 24.8. The van der Waals surface area contributed by atoms with Crippen molar-refractivity contribution in [2.24, 2.45) is 0 Å². The molecule has 25 heavy (non-hydrogen) atoms. The van der Waals surface area contributed by atoms with Crippen molar-refractivity contribution in [2.45, 2.75) is 6.54 Å². The normalized spacial score (nSPS) is 11.4. The van der Waals surface area contributed by atoms with Gasteiger partial charge in [-0.2, -0.15) is 0 Å². The molecule has 0 atom stereocenters. The number of amides is 1. The first kappa shape index (κ1) is 19.0. The van der Waals surface area contributed by atoms with Crippen LogP contribution in [0.3, 0.4) is 0 Å². The molecule has 0 spiro atoms. The average Bonchev–Trinajstić information content (AvgIpc) is 3.05. The number of anilines is 1. The van der Waals surface area contributed by atoms with E-state index in [4.69, 9.17) is 0 Å². The summed E-state index contributed by atoms with van der Waals surface area (Å²) in [7, 11) is -3.30. The number of benzene rings is 1. The topological polar surface area (TPSA) is 66.5 Å². The molecule has 0 aliphatic rings. The number of hydrogen-bond donors (Lipinski definition) is 1. The van der Waals surface area contributed by atoms with Gasteiger partial charge in [0.2, 0.25) is 15.9 Å². The second kappa shape index (κ2) is 8.64. The highest BCUT2D eigenvalue weighted by atomic mass is 32.2. The molecule has 0 saturated heterocycles. The molecule has 1 aromatic heterocycles. The van der Waals surface area contributed by atoms with Crippen molar-refractivity contribution < 1.29 is 13.2 Å². The molecule has 2 rings (SSSR count). The van der Waals surface area contributed by atoms with Gasteiger partial charge < -0.3 is 4.90 Å². The van der Waals surface area contributed by atoms with Crippen molar-refractivity contribution in [3.63, 3.8) is 0 Å². The molecule has 1 aromatic carbocycles. The second-order valence-electron chi connectivity index (χ2n) is 5.42. The average molecular weight is 377 g/mol. The SMILES string of the molecule is C=CCN(Cc1cccs1)C(=O)/C=C/c1ccc(NS(C)(=O)=O)cc1. The van der Waals surface area contributed by atoms with Gasteiger partial charge in [0, 0.05) is 23.2 Å². The summed E-state index contributed by atoms with van der Waals surface area (Å²) in [5.74, 6) is -0.105. The molecule has 1 N–H and O–H groups in total. The van der Waals surface area contributed by atoms with Crippen LogP contribution in [0.15, 0.2) is 60.5 Å². The lowest BCUT2D eigenvalue weighted by molar-refractivity contribution is -0.126. The fourth-order valence-corrected chi connectivity index (χ4v) is 3.41. The molecular weight excluding hydrogens is 356 g/mol. The zero-order valence-electron chi connectivity index (χ0n) is 13.9. The Morgan fingerprint density at radius 1 is 1.28 bits per heavy atom. The highest BCUT2D eigenvalue weighted by Gasteiger charge is 2.10. The molecule has 7 heteroatoms. The Balaban J connectivity index is 2.02. The quantitative estimate of drug-likeness (QED) is 0.567. The van der Waals surface area contributed by atoms with Gasteiger partial charge in [-0.15, -0.1) is 17.9 Å². The largest absolute Gasteiger partial charge is 0.330 e. The Morgan fingerprint density at radius 3 is 2.56 bits per heavy atom. The van der Waals surface area contributed by atoms with Crippen LogP contribution in [0.2, 0.25) is 0 Å². The van der Waals surface area contributed by atoms with Crippen LogP contribution in [-0.4, -0.2) is 32.0 Å². The van der Waals surface area contributed by atoms with E-state index in [1.807, 2.05) is 17.5 Å². The minimum Gasteiger partial charge on any atom is -0.330 e. The Hall–Kier alpha value is -2.38. The predicted octanol–water partition coefficient (Wildman–Crippen LogP) is 3.35. The van der Waals surface area contributed by atoms with E-state index in [2.05, 4.69) is 11.3 Å². The van der Waals surface area contributed by atoms with Gasteiger partial charge in [-0.05, 0) is 35.2 Å². The van der Waals surface area contributed by atoms with Crippen molar-refractivity contribution in [1.29, 1.82) is 0 Å². The van der Waals surface area contributed by atoms with Gasteiger partial charge in [-0.3, -0.25) is 9.52 Å². The molecule has 132 valence electrons. The Morgan fingerprint density at radius 2 is 2.00 bits per heavy atom. The van der Waals surface area contributed by atoms with Crippen molar-refractivity contribution in [2.75, 3.05) is 17.5 Å². The molecule has 0 bridgehead atoms. The van der Waals surface area contributed by atoms with Gasteiger partial charge in [0.15, 0.2) is 0 Å². The number of nitrogens with one attached hydrogen (secondary N) is 1. The van der Waals surface area contributed by atoms with E-state index < -0.39 is 10.0 Å². The number of nitrogens with zero attached hydrogens (tertiary/aromatic N) is 1. The van der Waals surface area contributed by atoms with E-state index in [0.29, 0.717) is 18.8 Å². The third kappa shape index (κ3) is 6.56. The van der Waals surface area contributed by atoms with Gasteiger partial charge in [0.1, 0.15) is 0 Å². The lowest BCUT2D eigenvalue weighted by atomic mass is 10.2. The fraction of sp³-hybridized carbons (Fsp3) is 0.167.